The maximum atomic E-state index is 13.9. The Morgan fingerprint density at radius 1 is 1.40 bits per heavy atom. The van der Waals surface area contributed by atoms with E-state index in [4.69, 9.17) is 9.47 Å². The lowest BCUT2D eigenvalue weighted by atomic mass is 10.2. The highest BCUT2D eigenvalue weighted by Crippen LogP contribution is 2.26. The molecule has 0 spiro atoms. The van der Waals surface area contributed by atoms with Crippen LogP contribution in [-0.2, 0) is 4.79 Å². The highest BCUT2D eigenvalue weighted by atomic mass is 32.2. The Bertz CT molecular complexity index is 590. The average Bonchev–Trinajstić information content (AvgIpc) is 2.85. The zero-order chi connectivity index (χ0) is 14.5. The molecule has 0 bridgehead atoms. The smallest absolute Gasteiger partial charge is 0.236 e. The van der Waals surface area contributed by atoms with E-state index in [1.807, 2.05) is 0 Å². The van der Waals surface area contributed by atoms with Crippen LogP contribution in [0.15, 0.2) is 22.3 Å². The second kappa shape index (κ2) is 6.38. The third-order valence-electron chi connectivity index (χ3n) is 2.44. The van der Waals surface area contributed by atoms with E-state index >= 15 is 0 Å². The minimum absolute atomic E-state index is 0.128. The van der Waals surface area contributed by atoms with Crippen LogP contribution in [0.1, 0.15) is 5.56 Å². The van der Waals surface area contributed by atoms with Gasteiger partial charge in [-0.2, -0.15) is 5.10 Å². The lowest BCUT2D eigenvalue weighted by molar-refractivity contribution is -0.116. The van der Waals surface area contributed by atoms with E-state index < -0.39 is 5.82 Å². The zero-order valence-electron chi connectivity index (χ0n) is 10.8. The second-order valence-electron chi connectivity index (χ2n) is 3.71. The van der Waals surface area contributed by atoms with Gasteiger partial charge in [-0.1, -0.05) is 11.8 Å². The largest absolute Gasteiger partial charge is 0.497 e. The fourth-order valence-electron chi connectivity index (χ4n) is 1.50. The van der Waals surface area contributed by atoms with Crippen LogP contribution in [-0.4, -0.2) is 37.3 Å². The van der Waals surface area contributed by atoms with Gasteiger partial charge in [-0.25, -0.2) is 4.39 Å². The van der Waals surface area contributed by atoms with Crippen molar-refractivity contribution >= 4 is 29.1 Å². The lowest BCUT2D eigenvalue weighted by Gasteiger charge is -2.07. The molecule has 0 saturated carbocycles. The van der Waals surface area contributed by atoms with Crippen LogP contribution < -0.4 is 14.8 Å². The van der Waals surface area contributed by atoms with E-state index in [-0.39, 0.29) is 17.2 Å². The van der Waals surface area contributed by atoms with Crippen molar-refractivity contribution in [2.24, 2.45) is 10.2 Å². The van der Waals surface area contributed by atoms with Gasteiger partial charge in [0.05, 0.1) is 31.8 Å². The number of carbonyl (C=O) groups is 1. The van der Waals surface area contributed by atoms with Crippen molar-refractivity contribution < 1.29 is 18.7 Å². The molecule has 8 heteroatoms. The summed E-state index contributed by atoms with van der Waals surface area (Å²) < 4.78 is 23.9. The van der Waals surface area contributed by atoms with Crippen molar-refractivity contribution in [1.29, 1.82) is 0 Å². The van der Waals surface area contributed by atoms with Gasteiger partial charge in [0.2, 0.25) is 5.91 Å². The minimum Gasteiger partial charge on any atom is -0.497 e. The molecule has 0 radical (unpaired) electrons. The maximum Gasteiger partial charge on any atom is 0.236 e. The number of ether oxygens (including phenoxy) is 2. The second-order valence-corrected chi connectivity index (χ2v) is 4.68. The van der Waals surface area contributed by atoms with Gasteiger partial charge < -0.3 is 14.8 Å². The normalized spacial score (nSPS) is 16.8. The first-order valence-electron chi connectivity index (χ1n) is 5.59. The Kier molecular flexibility index (Phi) is 4.57. The molecule has 1 N–H and O–H groups in total. The molecular formula is C12H12FN3O3S. The summed E-state index contributed by atoms with van der Waals surface area (Å²) in [6, 6.07) is 2.77. The summed E-state index contributed by atoms with van der Waals surface area (Å²) in [5.74, 6) is 0.287. The molecule has 1 saturated heterocycles. The van der Waals surface area contributed by atoms with E-state index in [2.05, 4.69) is 15.5 Å². The number of methoxy groups -OCH3 is 2. The summed E-state index contributed by atoms with van der Waals surface area (Å²) in [5.41, 5.74) is 0.159. The first kappa shape index (κ1) is 14.3. The molecule has 0 unspecified atom stereocenters. The Labute approximate surface area is 119 Å². The number of amides is 1. The molecule has 1 aliphatic rings. The molecule has 1 aromatic rings. The van der Waals surface area contributed by atoms with Crippen LogP contribution in [0.3, 0.4) is 0 Å². The number of hydrogen-bond donors (Lipinski definition) is 1. The van der Waals surface area contributed by atoms with Crippen molar-refractivity contribution in [3.05, 3.63) is 23.5 Å². The Morgan fingerprint density at radius 3 is 2.80 bits per heavy atom. The lowest BCUT2D eigenvalue weighted by Crippen LogP contribution is -2.19. The molecule has 1 aliphatic heterocycles. The molecule has 1 fully saturated rings. The molecular weight excluding hydrogens is 285 g/mol. The summed E-state index contributed by atoms with van der Waals surface area (Å²) in [6.45, 7) is 0. The molecule has 1 amide bonds. The molecule has 0 atom stereocenters. The van der Waals surface area contributed by atoms with Gasteiger partial charge in [-0.15, -0.1) is 5.10 Å². The predicted octanol–water partition coefficient (Wildman–Crippen LogP) is 1.40. The fraction of sp³-hybridized carbons (Fsp3) is 0.250. The summed E-state index contributed by atoms with van der Waals surface area (Å²) in [5, 5.41) is 10.4. The number of nitrogens with one attached hydrogen (secondary N) is 1. The summed E-state index contributed by atoms with van der Waals surface area (Å²) in [7, 11) is 2.86. The predicted molar refractivity (Wildman–Crippen MR) is 75.1 cm³/mol. The maximum absolute atomic E-state index is 13.9. The standard InChI is InChI=1S/C12H12FN3O3S/c1-18-7-3-9(13)8(10(4-7)19-2)5-14-16-12-15-11(17)6-20-12/h3-5H,6H2,1-2H3,(H,15,16,17). The van der Waals surface area contributed by atoms with Crippen LogP contribution in [0.25, 0.3) is 0 Å². The van der Waals surface area contributed by atoms with Crippen molar-refractivity contribution in [1.82, 2.24) is 5.32 Å². The van der Waals surface area contributed by atoms with Crippen molar-refractivity contribution in [3.8, 4) is 11.5 Å². The monoisotopic (exact) mass is 297 g/mol. The van der Waals surface area contributed by atoms with Gasteiger partial charge in [-0.3, -0.25) is 4.79 Å². The number of hydrogen-bond acceptors (Lipinski definition) is 6. The van der Waals surface area contributed by atoms with Gasteiger partial charge in [-0.05, 0) is 0 Å². The summed E-state index contributed by atoms with van der Waals surface area (Å²) in [4.78, 5) is 11.0. The Balaban J connectivity index is 2.22. The van der Waals surface area contributed by atoms with E-state index in [0.717, 1.165) is 0 Å². The Hall–Kier alpha value is -2.09. The zero-order valence-corrected chi connectivity index (χ0v) is 11.7. The van der Waals surface area contributed by atoms with Crippen LogP contribution >= 0.6 is 11.8 Å². The molecule has 1 heterocycles. The number of thioether (sulfide) groups is 1. The molecule has 20 heavy (non-hydrogen) atoms. The minimum atomic E-state index is -0.534. The van der Waals surface area contributed by atoms with E-state index in [9.17, 15) is 9.18 Å². The number of amidine groups is 1. The average molecular weight is 297 g/mol. The van der Waals surface area contributed by atoms with Crippen LogP contribution in [0, 0.1) is 5.82 Å². The molecule has 106 valence electrons. The van der Waals surface area contributed by atoms with Crippen LogP contribution in [0.4, 0.5) is 4.39 Å². The van der Waals surface area contributed by atoms with Crippen molar-refractivity contribution in [2.45, 2.75) is 0 Å². The van der Waals surface area contributed by atoms with Crippen LogP contribution in [0.5, 0.6) is 11.5 Å². The topological polar surface area (TPSA) is 72.3 Å². The molecule has 0 aromatic heterocycles. The molecule has 0 aliphatic carbocycles. The van der Waals surface area contributed by atoms with Gasteiger partial charge in [0.15, 0.2) is 5.17 Å². The van der Waals surface area contributed by atoms with Crippen LogP contribution in [0.2, 0.25) is 0 Å². The fourth-order valence-corrected chi connectivity index (χ4v) is 2.13. The SMILES string of the molecule is COc1cc(F)c(C=NN=C2NC(=O)CS2)c(OC)c1. The third kappa shape index (κ3) is 3.27. The number of nitrogens with zero attached hydrogens (tertiary/aromatic N) is 2. The number of benzene rings is 1. The molecule has 1 aromatic carbocycles. The van der Waals surface area contributed by atoms with E-state index in [1.165, 1.54) is 38.3 Å². The first-order valence-corrected chi connectivity index (χ1v) is 6.57. The number of halogens is 1. The third-order valence-corrected chi connectivity index (χ3v) is 3.31. The number of carbonyl (C=O) groups excluding carboxylic acids is 1. The highest BCUT2D eigenvalue weighted by Gasteiger charge is 2.16. The first-order chi connectivity index (χ1) is 9.63. The van der Waals surface area contributed by atoms with E-state index in [0.29, 0.717) is 16.7 Å². The number of rotatable bonds is 4. The van der Waals surface area contributed by atoms with Crippen molar-refractivity contribution in [2.75, 3.05) is 20.0 Å². The van der Waals surface area contributed by atoms with Gasteiger partial charge in [0.1, 0.15) is 17.3 Å². The van der Waals surface area contributed by atoms with Gasteiger partial charge in [0.25, 0.3) is 0 Å². The molecule has 6 nitrogen and oxygen atoms in total. The van der Waals surface area contributed by atoms with Gasteiger partial charge in [0, 0.05) is 12.1 Å². The summed E-state index contributed by atoms with van der Waals surface area (Å²) >= 11 is 1.24. The quantitative estimate of drug-likeness (QED) is 0.673. The Morgan fingerprint density at radius 2 is 2.20 bits per heavy atom. The highest BCUT2D eigenvalue weighted by molar-refractivity contribution is 8.15. The van der Waals surface area contributed by atoms with Crippen molar-refractivity contribution in [3.63, 3.8) is 0 Å². The summed E-state index contributed by atoms with van der Waals surface area (Å²) in [6.07, 6.45) is 1.23. The molecule has 2 rings (SSSR count). The van der Waals surface area contributed by atoms with Gasteiger partial charge >= 0.3 is 0 Å². The van der Waals surface area contributed by atoms with E-state index in [1.54, 1.807) is 6.07 Å².